The molecule has 10 nitrogen and oxygen atoms in total. The highest BCUT2D eigenvalue weighted by molar-refractivity contribution is 5.95. The van der Waals surface area contributed by atoms with E-state index in [-0.39, 0.29) is 18.4 Å². The van der Waals surface area contributed by atoms with E-state index in [1.165, 1.54) is 6.07 Å². The quantitative estimate of drug-likeness (QED) is 0.468. The fourth-order valence-corrected chi connectivity index (χ4v) is 2.62. The van der Waals surface area contributed by atoms with Crippen molar-refractivity contribution in [2.75, 3.05) is 13.1 Å². The molecule has 1 aromatic heterocycles. The van der Waals surface area contributed by atoms with E-state index >= 15 is 0 Å². The first-order valence-electron chi connectivity index (χ1n) is 7.47. The van der Waals surface area contributed by atoms with E-state index in [0.29, 0.717) is 29.9 Å². The van der Waals surface area contributed by atoms with Gasteiger partial charge in [-0.1, -0.05) is 10.2 Å². The number of hydrogen-bond donors (Lipinski definition) is 0. The second-order valence-electron chi connectivity index (χ2n) is 5.48. The van der Waals surface area contributed by atoms with Crippen molar-refractivity contribution >= 4 is 11.6 Å². The number of benzene rings is 1. The number of rotatable bonds is 5. The Morgan fingerprint density at radius 2 is 1.96 bits per heavy atom. The van der Waals surface area contributed by atoms with E-state index in [2.05, 4.69) is 30.0 Å². The number of amides is 1. The maximum atomic E-state index is 12.6. The van der Waals surface area contributed by atoms with E-state index in [4.69, 9.17) is 11.1 Å². The third kappa shape index (κ3) is 3.66. The van der Waals surface area contributed by atoms with Crippen LogP contribution in [0.4, 0.5) is 5.69 Å². The van der Waals surface area contributed by atoms with E-state index in [1.807, 2.05) is 0 Å². The number of azide groups is 2. The summed E-state index contributed by atoms with van der Waals surface area (Å²) in [5.74, 6) is 0.663. The summed E-state index contributed by atoms with van der Waals surface area (Å²) in [5, 5.41) is 7.02. The smallest absolute Gasteiger partial charge is 0.253 e. The van der Waals surface area contributed by atoms with Crippen molar-refractivity contribution in [1.29, 1.82) is 0 Å². The Bertz CT molecular complexity index is 879. The SMILES string of the molecule is [N-]=[N+]=NCc1cc(N=[N+]=[N-])cc(C(=O)N2CC(c3ncccn3)C2)c1. The normalized spacial score (nSPS) is 13.4. The fourth-order valence-electron chi connectivity index (χ4n) is 2.62. The van der Waals surface area contributed by atoms with Gasteiger partial charge < -0.3 is 4.90 Å². The predicted molar refractivity (Wildman–Crippen MR) is 88.8 cm³/mol. The molecule has 0 atom stereocenters. The predicted octanol–water partition coefficient (Wildman–Crippen LogP) is 3.47. The molecular formula is C15H13N9O. The van der Waals surface area contributed by atoms with Gasteiger partial charge in [-0.3, -0.25) is 4.79 Å². The standard InChI is InChI=1S/C15H13N9O/c16-22-20-7-10-4-11(6-13(5-10)21-23-17)15(25)24-8-12(9-24)14-18-2-1-3-19-14/h1-6,12H,7-9H2. The van der Waals surface area contributed by atoms with Crippen LogP contribution in [0.3, 0.4) is 0 Å². The highest BCUT2D eigenvalue weighted by Crippen LogP contribution is 2.27. The molecule has 2 aromatic rings. The molecule has 10 heteroatoms. The molecule has 0 aliphatic carbocycles. The zero-order valence-electron chi connectivity index (χ0n) is 13.1. The minimum absolute atomic E-state index is 0.0754. The molecule has 1 aromatic carbocycles. The van der Waals surface area contributed by atoms with Crippen molar-refractivity contribution < 1.29 is 4.79 Å². The second-order valence-corrected chi connectivity index (χ2v) is 5.48. The van der Waals surface area contributed by atoms with Crippen LogP contribution in [-0.4, -0.2) is 33.9 Å². The maximum absolute atomic E-state index is 12.6. The van der Waals surface area contributed by atoms with Crippen molar-refractivity contribution in [3.05, 3.63) is 74.5 Å². The molecule has 124 valence electrons. The van der Waals surface area contributed by atoms with Gasteiger partial charge in [0.05, 0.1) is 12.5 Å². The Kier molecular flexibility index (Phi) is 4.75. The van der Waals surface area contributed by atoms with Crippen LogP contribution in [0.5, 0.6) is 0 Å². The van der Waals surface area contributed by atoms with E-state index in [1.54, 1.807) is 35.5 Å². The summed E-state index contributed by atoms with van der Waals surface area (Å²) in [6, 6.07) is 6.49. The Labute approximate surface area is 142 Å². The van der Waals surface area contributed by atoms with Gasteiger partial charge in [0.2, 0.25) is 0 Å². The molecule has 0 radical (unpaired) electrons. The van der Waals surface area contributed by atoms with Gasteiger partial charge in [-0.2, -0.15) is 0 Å². The Morgan fingerprint density at radius 1 is 1.20 bits per heavy atom. The third-order valence-corrected chi connectivity index (χ3v) is 3.82. The Morgan fingerprint density at radius 3 is 2.64 bits per heavy atom. The van der Waals surface area contributed by atoms with Crippen LogP contribution in [0.1, 0.15) is 27.7 Å². The van der Waals surface area contributed by atoms with Crippen LogP contribution >= 0.6 is 0 Å². The topological polar surface area (TPSA) is 144 Å². The lowest BCUT2D eigenvalue weighted by Gasteiger charge is -2.38. The van der Waals surface area contributed by atoms with Crippen molar-refractivity contribution in [3.63, 3.8) is 0 Å². The first-order chi connectivity index (χ1) is 12.2. The van der Waals surface area contributed by atoms with Gasteiger partial charge in [-0.15, -0.1) is 0 Å². The number of carbonyl (C=O) groups is 1. The zero-order valence-corrected chi connectivity index (χ0v) is 13.1. The van der Waals surface area contributed by atoms with E-state index < -0.39 is 0 Å². The number of aromatic nitrogens is 2. The van der Waals surface area contributed by atoms with Crippen molar-refractivity contribution in [2.45, 2.75) is 12.5 Å². The summed E-state index contributed by atoms with van der Waals surface area (Å²) >= 11 is 0. The summed E-state index contributed by atoms with van der Waals surface area (Å²) in [4.78, 5) is 28.2. The first-order valence-corrected chi connectivity index (χ1v) is 7.47. The monoisotopic (exact) mass is 335 g/mol. The molecule has 1 saturated heterocycles. The summed E-state index contributed by atoms with van der Waals surface area (Å²) < 4.78 is 0. The highest BCUT2D eigenvalue weighted by Gasteiger charge is 2.34. The van der Waals surface area contributed by atoms with Crippen LogP contribution in [-0.2, 0) is 6.54 Å². The van der Waals surface area contributed by atoms with Gasteiger partial charge in [0.25, 0.3) is 5.91 Å². The number of hydrogen-bond acceptors (Lipinski definition) is 5. The Balaban J connectivity index is 1.77. The van der Waals surface area contributed by atoms with Gasteiger partial charge in [0.1, 0.15) is 5.82 Å². The lowest BCUT2D eigenvalue weighted by Crippen LogP contribution is -2.49. The van der Waals surface area contributed by atoms with Gasteiger partial charge in [0, 0.05) is 46.6 Å². The molecule has 0 spiro atoms. The lowest BCUT2D eigenvalue weighted by atomic mass is 9.97. The highest BCUT2D eigenvalue weighted by atomic mass is 16.2. The molecule has 25 heavy (non-hydrogen) atoms. The molecule has 1 aliphatic heterocycles. The van der Waals surface area contributed by atoms with Crippen LogP contribution < -0.4 is 0 Å². The summed E-state index contributed by atoms with van der Waals surface area (Å²) in [5.41, 5.74) is 18.4. The van der Waals surface area contributed by atoms with Crippen molar-refractivity contribution in [1.82, 2.24) is 14.9 Å². The fraction of sp³-hybridized carbons (Fsp3) is 0.267. The third-order valence-electron chi connectivity index (χ3n) is 3.82. The number of nitrogens with zero attached hydrogens (tertiary/aromatic N) is 9. The number of carbonyl (C=O) groups excluding carboxylic acids is 1. The van der Waals surface area contributed by atoms with Crippen LogP contribution in [0, 0.1) is 0 Å². The minimum atomic E-state index is -0.177. The summed E-state index contributed by atoms with van der Waals surface area (Å²) in [6.45, 7) is 1.13. The minimum Gasteiger partial charge on any atom is -0.337 e. The zero-order chi connectivity index (χ0) is 17.6. The molecule has 0 saturated carbocycles. The Hall–Kier alpha value is -3.61. The molecule has 0 bridgehead atoms. The molecule has 1 aliphatic rings. The summed E-state index contributed by atoms with van der Waals surface area (Å²) in [7, 11) is 0. The molecule has 1 amide bonds. The van der Waals surface area contributed by atoms with Gasteiger partial charge in [-0.25, -0.2) is 9.97 Å². The van der Waals surface area contributed by atoms with E-state index in [0.717, 1.165) is 5.82 Å². The summed E-state index contributed by atoms with van der Waals surface area (Å²) in [6.07, 6.45) is 3.36. The van der Waals surface area contributed by atoms with Crippen LogP contribution in [0.15, 0.2) is 46.9 Å². The maximum Gasteiger partial charge on any atom is 0.253 e. The average molecular weight is 335 g/mol. The number of likely N-dealkylation sites (tertiary alicyclic amines) is 1. The molecule has 1 fully saturated rings. The largest absolute Gasteiger partial charge is 0.337 e. The molecule has 3 rings (SSSR count). The second kappa shape index (κ2) is 7.31. The van der Waals surface area contributed by atoms with Crippen LogP contribution in [0.2, 0.25) is 0 Å². The van der Waals surface area contributed by atoms with E-state index in [9.17, 15) is 4.79 Å². The van der Waals surface area contributed by atoms with Crippen molar-refractivity contribution in [3.8, 4) is 0 Å². The van der Waals surface area contributed by atoms with Gasteiger partial charge >= 0.3 is 0 Å². The molecular weight excluding hydrogens is 322 g/mol. The average Bonchev–Trinajstić information content (AvgIpc) is 2.59. The molecule has 2 heterocycles. The van der Waals surface area contributed by atoms with Crippen LogP contribution in [0.25, 0.3) is 20.9 Å². The van der Waals surface area contributed by atoms with Gasteiger partial charge in [0.15, 0.2) is 0 Å². The van der Waals surface area contributed by atoms with Crippen molar-refractivity contribution in [2.24, 2.45) is 10.2 Å². The molecule has 0 N–H and O–H groups in total. The first kappa shape index (κ1) is 16.3. The molecule has 0 unspecified atom stereocenters. The lowest BCUT2D eigenvalue weighted by molar-refractivity contribution is 0.0594. The van der Waals surface area contributed by atoms with Gasteiger partial charge in [-0.05, 0) is 40.9 Å².